The number of rotatable bonds is 5. The lowest BCUT2D eigenvalue weighted by molar-refractivity contribution is -0.159. The topological polar surface area (TPSA) is 90.7 Å². The van der Waals surface area contributed by atoms with Gasteiger partial charge in [0.25, 0.3) is 5.91 Å². The van der Waals surface area contributed by atoms with Crippen molar-refractivity contribution in [2.24, 2.45) is 5.92 Å². The average Bonchev–Trinajstić information content (AvgIpc) is 3.13. The van der Waals surface area contributed by atoms with Gasteiger partial charge in [0.15, 0.2) is 0 Å². The van der Waals surface area contributed by atoms with Crippen LogP contribution in [0.2, 0.25) is 0 Å². The minimum Gasteiger partial charge on any atom is -0.458 e. The van der Waals surface area contributed by atoms with Gasteiger partial charge in [0.05, 0.1) is 22.9 Å². The van der Waals surface area contributed by atoms with Crippen molar-refractivity contribution >= 4 is 23.5 Å². The van der Waals surface area contributed by atoms with Crippen molar-refractivity contribution in [3.8, 4) is 6.07 Å². The molecule has 0 radical (unpaired) electrons. The fourth-order valence-electron chi connectivity index (χ4n) is 4.31. The van der Waals surface area contributed by atoms with E-state index in [1.807, 2.05) is 19.9 Å². The minimum absolute atomic E-state index is 0.0142. The smallest absolute Gasteiger partial charge is 0.354 e. The highest BCUT2D eigenvalue weighted by Gasteiger charge is 2.61. The van der Waals surface area contributed by atoms with Gasteiger partial charge in [0, 0.05) is 19.4 Å². The number of anilines is 1. The molecule has 0 aromatic heterocycles. The standard InChI is InChI=1S/C24H23N3O4/c1-16(2)14-26-22(29)19-5-3-4-6-20(19)27-21(28)11-12-24(26,27)23(30)31-15-18-9-7-17(13-25)8-10-18/h3-10,16H,11-12,14-15H2,1-2H3/t24-/m1/s1. The van der Waals surface area contributed by atoms with Gasteiger partial charge in [-0.2, -0.15) is 5.26 Å². The lowest BCUT2D eigenvalue weighted by Crippen LogP contribution is -2.69. The number of benzene rings is 2. The third-order valence-corrected chi connectivity index (χ3v) is 5.70. The van der Waals surface area contributed by atoms with Crippen molar-refractivity contribution in [2.75, 3.05) is 11.4 Å². The van der Waals surface area contributed by atoms with Crippen molar-refractivity contribution < 1.29 is 19.1 Å². The van der Waals surface area contributed by atoms with Crippen LogP contribution in [0.15, 0.2) is 48.5 Å². The summed E-state index contributed by atoms with van der Waals surface area (Å²) in [4.78, 5) is 42.8. The van der Waals surface area contributed by atoms with Crippen LogP contribution in [0.25, 0.3) is 0 Å². The number of para-hydroxylation sites is 1. The molecule has 0 saturated carbocycles. The first-order valence-corrected chi connectivity index (χ1v) is 10.3. The zero-order valence-electron chi connectivity index (χ0n) is 17.5. The molecule has 158 valence electrons. The normalized spacial score (nSPS) is 19.8. The van der Waals surface area contributed by atoms with E-state index in [1.165, 1.54) is 9.80 Å². The number of hydrogen-bond donors (Lipinski definition) is 0. The first kappa shape index (κ1) is 20.6. The maximum atomic E-state index is 13.5. The minimum atomic E-state index is -1.49. The predicted molar refractivity (Wildman–Crippen MR) is 113 cm³/mol. The number of esters is 1. The number of nitrogens with zero attached hydrogens (tertiary/aromatic N) is 3. The molecule has 31 heavy (non-hydrogen) atoms. The summed E-state index contributed by atoms with van der Waals surface area (Å²) >= 11 is 0. The molecule has 2 heterocycles. The van der Waals surface area contributed by atoms with Crippen LogP contribution in [-0.2, 0) is 20.9 Å². The molecule has 2 aromatic carbocycles. The van der Waals surface area contributed by atoms with Gasteiger partial charge in [-0.15, -0.1) is 0 Å². The Morgan fingerprint density at radius 2 is 1.87 bits per heavy atom. The van der Waals surface area contributed by atoms with Crippen LogP contribution in [0, 0.1) is 17.2 Å². The Hall–Kier alpha value is -3.66. The number of ether oxygens (including phenoxy) is 1. The van der Waals surface area contributed by atoms with Crippen LogP contribution in [-0.4, -0.2) is 34.9 Å². The summed E-state index contributed by atoms with van der Waals surface area (Å²) in [5.74, 6) is -1.00. The molecule has 2 aliphatic heterocycles. The molecular formula is C24H23N3O4. The van der Waals surface area contributed by atoms with Gasteiger partial charge in [-0.25, -0.2) is 4.79 Å². The Labute approximate surface area is 180 Å². The van der Waals surface area contributed by atoms with Gasteiger partial charge < -0.3 is 9.64 Å². The lowest BCUT2D eigenvalue weighted by atomic mass is 9.95. The van der Waals surface area contributed by atoms with Gasteiger partial charge in [0.1, 0.15) is 6.61 Å². The van der Waals surface area contributed by atoms with Crippen LogP contribution in [0.1, 0.15) is 48.2 Å². The fourth-order valence-corrected chi connectivity index (χ4v) is 4.31. The maximum absolute atomic E-state index is 13.5. The van der Waals surface area contributed by atoms with Crippen molar-refractivity contribution in [2.45, 2.75) is 39.0 Å². The van der Waals surface area contributed by atoms with Crippen LogP contribution >= 0.6 is 0 Å². The highest BCUT2D eigenvalue weighted by atomic mass is 16.5. The van der Waals surface area contributed by atoms with Crippen LogP contribution in [0.4, 0.5) is 5.69 Å². The Kier molecular flexibility index (Phi) is 5.24. The zero-order chi connectivity index (χ0) is 22.2. The van der Waals surface area contributed by atoms with E-state index in [9.17, 15) is 14.4 Å². The van der Waals surface area contributed by atoms with E-state index in [2.05, 4.69) is 0 Å². The first-order chi connectivity index (χ1) is 14.9. The monoisotopic (exact) mass is 417 g/mol. The van der Waals surface area contributed by atoms with Gasteiger partial charge in [0.2, 0.25) is 11.6 Å². The third kappa shape index (κ3) is 3.34. The van der Waals surface area contributed by atoms with Crippen molar-refractivity contribution in [3.63, 3.8) is 0 Å². The molecule has 0 N–H and O–H groups in total. The van der Waals surface area contributed by atoms with Gasteiger partial charge in [-0.05, 0) is 35.7 Å². The highest BCUT2D eigenvalue weighted by molar-refractivity contribution is 6.15. The van der Waals surface area contributed by atoms with E-state index in [4.69, 9.17) is 10.00 Å². The van der Waals surface area contributed by atoms with E-state index in [1.54, 1.807) is 48.5 Å². The molecule has 4 rings (SSSR count). The number of carbonyl (C=O) groups excluding carboxylic acids is 3. The Morgan fingerprint density at radius 3 is 2.55 bits per heavy atom. The predicted octanol–water partition coefficient (Wildman–Crippen LogP) is 3.24. The number of nitriles is 1. The summed E-state index contributed by atoms with van der Waals surface area (Å²) in [6.07, 6.45) is 0.340. The molecular weight excluding hydrogens is 394 g/mol. The first-order valence-electron chi connectivity index (χ1n) is 10.3. The lowest BCUT2D eigenvalue weighted by Gasteiger charge is -2.48. The Balaban J connectivity index is 1.72. The van der Waals surface area contributed by atoms with E-state index < -0.39 is 11.6 Å². The fraction of sp³-hybridized carbons (Fsp3) is 0.333. The van der Waals surface area contributed by atoms with Crippen molar-refractivity contribution in [3.05, 3.63) is 65.2 Å². The Bertz CT molecular complexity index is 1090. The maximum Gasteiger partial charge on any atom is 0.354 e. The van der Waals surface area contributed by atoms with E-state index in [-0.39, 0.29) is 37.2 Å². The Morgan fingerprint density at radius 1 is 1.16 bits per heavy atom. The van der Waals surface area contributed by atoms with Crippen molar-refractivity contribution in [1.29, 1.82) is 5.26 Å². The van der Waals surface area contributed by atoms with E-state index in [0.717, 1.165) is 5.56 Å². The van der Waals surface area contributed by atoms with Crippen LogP contribution < -0.4 is 4.90 Å². The summed E-state index contributed by atoms with van der Waals surface area (Å²) in [7, 11) is 0. The highest BCUT2D eigenvalue weighted by Crippen LogP contribution is 2.45. The number of amides is 2. The van der Waals surface area contributed by atoms with Gasteiger partial charge in [-0.1, -0.05) is 38.1 Å². The average molecular weight is 417 g/mol. The summed E-state index contributed by atoms with van der Waals surface area (Å²) < 4.78 is 5.66. The van der Waals surface area contributed by atoms with Crippen LogP contribution in [0.5, 0.6) is 0 Å². The number of carbonyl (C=O) groups is 3. The third-order valence-electron chi connectivity index (χ3n) is 5.70. The summed E-state index contributed by atoms with van der Waals surface area (Å²) in [5, 5.41) is 8.94. The molecule has 1 atom stereocenters. The molecule has 0 unspecified atom stereocenters. The summed E-state index contributed by atoms with van der Waals surface area (Å²) in [6, 6.07) is 15.7. The van der Waals surface area contributed by atoms with Crippen LogP contribution in [0.3, 0.4) is 0 Å². The molecule has 1 saturated heterocycles. The molecule has 2 amide bonds. The number of fused-ring (bicyclic) bond motifs is 3. The summed E-state index contributed by atoms with van der Waals surface area (Å²) in [5.41, 5.74) is 0.606. The molecule has 2 aromatic rings. The molecule has 1 fully saturated rings. The van der Waals surface area contributed by atoms with E-state index in [0.29, 0.717) is 23.4 Å². The molecule has 7 nitrogen and oxygen atoms in total. The number of hydrogen-bond acceptors (Lipinski definition) is 5. The second-order valence-corrected chi connectivity index (χ2v) is 8.26. The van der Waals surface area contributed by atoms with E-state index >= 15 is 0 Å². The zero-order valence-corrected chi connectivity index (χ0v) is 17.5. The molecule has 0 spiro atoms. The van der Waals surface area contributed by atoms with Gasteiger partial charge in [-0.3, -0.25) is 14.5 Å². The molecule has 2 aliphatic rings. The quantitative estimate of drug-likeness (QED) is 0.697. The molecule has 0 aliphatic carbocycles. The SMILES string of the molecule is CC(C)CN1C(=O)c2ccccc2N2C(=O)CC[C@@]12C(=O)OCc1ccc(C#N)cc1. The van der Waals surface area contributed by atoms with Crippen molar-refractivity contribution in [1.82, 2.24) is 4.90 Å². The second kappa shape index (κ2) is 7.88. The van der Waals surface area contributed by atoms with Gasteiger partial charge >= 0.3 is 5.97 Å². The largest absolute Gasteiger partial charge is 0.458 e. The molecule has 0 bridgehead atoms. The second-order valence-electron chi connectivity index (χ2n) is 8.26. The summed E-state index contributed by atoms with van der Waals surface area (Å²) in [6.45, 7) is 4.23. The molecule has 7 heteroatoms.